The van der Waals surface area contributed by atoms with Crippen molar-refractivity contribution in [1.82, 2.24) is 5.32 Å². The van der Waals surface area contributed by atoms with Gasteiger partial charge in [-0.3, -0.25) is 9.59 Å². The molecule has 1 aromatic carbocycles. The third-order valence-corrected chi connectivity index (χ3v) is 6.90. The summed E-state index contributed by atoms with van der Waals surface area (Å²) in [5, 5.41) is 3.38. The molecule has 0 aromatic heterocycles. The molecule has 0 atom stereocenters. The van der Waals surface area contributed by atoms with E-state index in [0.717, 1.165) is 34.8 Å². The SMILES string of the molecule is Cc1cc(I)ccc1N1C(=O)C(Cl)=C(NC2CCCCCCCCCCC2)C1=O. The third-order valence-electron chi connectivity index (χ3n) is 5.88. The molecule has 1 aliphatic heterocycles. The van der Waals surface area contributed by atoms with Gasteiger partial charge in [0.25, 0.3) is 11.8 Å². The van der Waals surface area contributed by atoms with Crippen LogP contribution in [-0.2, 0) is 9.59 Å². The molecule has 0 unspecified atom stereocenters. The van der Waals surface area contributed by atoms with E-state index < -0.39 is 5.91 Å². The van der Waals surface area contributed by atoms with E-state index >= 15 is 0 Å². The van der Waals surface area contributed by atoms with E-state index in [4.69, 9.17) is 11.6 Å². The first-order valence-electron chi connectivity index (χ1n) is 10.8. The number of nitrogens with zero attached hydrogens (tertiary/aromatic N) is 1. The molecule has 0 bridgehead atoms. The Labute approximate surface area is 192 Å². The number of hydrogen-bond acceptors (Lipinski definition) is 3. The van der Waals surface area contributed by atoms with Crippen molar-refractivity contribution in [2.24, 2.45) is 0 Å². The molecule has 2 aliphatic rings. The summed E-state index contributed by atoms with van der Waals surface area (Å²) in [6.45, 7) is 1.91. The van der Waals surface area contributed by atoms with Crippen LogP contribution < -0.4 is 10.2 Å². The lowest BCUT2D eigenvalue weighted by Crippen LogP contribution is -2.37. The first kappa shape index (κ1) is 22.6. The maximum absolute atomic E-state index is 13.1. The number of rotatable bonds is 3. The van der Waals surface area contributed by atoms with Crippen LogP contribution in [0.25, 0.3) is 0 Å². The normalized spacial score (nSPS) is 20.6. The Morgan fingerprint density at radius 2 is 1.48 bits per heavy atom. The van der Waals surface area contributed by atoms with Crippen LogP contribution in [0.2, 0.25) is 0 Å². The molecule has 0 spiro atoms. The molecule has 29 heavy (non-hydrogen) atoms. The minimum atomic E-state index is -0.434. The topological polar surface area (TPSA) is 49.4 Å². The maximum atomic E-state index is 13.1. The molecule has 1 saturated carbocycles. The number of aryl methyl sites for hydroxylation is 1. The smallest absolute Gasteiger partial charge is 0.283 e. The molecular weight excluding hydrogens is 499 g/mol. The van der Waals surface area contributed by atoms with Gasteiger partial charge in [0.2, 0.25) is 0 Å². The van der Waals surface area contributed by atoms with Gasteiger partial charge < -0.3 is 5.32 Å². The Balaban J connectivity index is 1.72. The van der Waals surface area contributed by atoms with Crippen LogP contribution in [0.1, 0.15) is 76.2 Å². The van der Waals surface area contributed by atoms with E-state index in [2.05, 4.69) is 27.9 Å². The Kier molecular flexibility index (Phi) is 8.42. The summed E-state index contributed by atoms with van der Waals surface area (Å²) < 4.78 is 1.06. The van der Waals surface area contributed by atoms with E-state index in [1.165, 1.54) is 49.8 Å². The number of hydrogen-bond donors (Lipinski definition) is 1. The lowest BCUT2D eigenvalue weighted by atomic mass is 9.98. The highest BCUT2D eigenvalue weighted by Gasteiger charge is 2.40. The minimum Gasteiger partial charge on any atom is -0.376 e. The highest BCUT2D eigenvalue weighted by Crippen LogP contribution is 2.32. The van der Waals surface area contributed by atoms with E-state index in [1.54, 1.807) is 0 Å². The molecular formula is C23H30ClIN2O2. The standard InChI is InChI=1S/C23H30ClIN2O2/c1-16-15-17(25)13-14-19(16)27-22(28)20(24)21(23(27)29)26-18-11-9-7-5-3-2-4-6-8-10-12-18/h13-15,18,26H,2-12H2,1H3. The highest BCUT2D eigenvalue weighted by atomic mass is 127. The van der Waals surface area contributed by atoms with Crippen molar-refractivity contribution in [3.8, 4) is 0 Å². The molecule has 0 radical (unpaired) electrons. The molecule has 2 amide bonds. The zero-order chi connectivity index (χ0) is 20.8. The van der Waals surface area contributed by atoms with Crippen molar-refractivity contribution in [2.45, 2.75) is 83.6 Å². The second-order valence-electron chi connectivity index (χ2n) is 8.17. The lowest BCUT2D eigenvalue weighted by Gasteiger charge is -2.22. The number of nitrogens with one attached hydrogen (secondary N) is 1. The molecule has 1 N–H and O–H groups in total. The van der Waals surface area contributed by atoms with E-state index in [0.29, 0.717) is 5.69 Å². The number of carbonyl (C=O) groups is 2. The average Bonchev–Trinajstić information content (AvgIpc) is 2.88. The van der Waals surface area contributed by atoms with Gasteiger partial charge in [-0.2, -0.15) is 0 Å². The summed E-state index contributed by atoms with van der Waals surface area (Å²) >= 11 is 8.58. The number of benzene rings is 1. The van der Waals surface area contributed by atoms with E-state index in [9.17, 15) is 9.59 Å². The zero-order valence-corrected chi connectivity index (χ0v) is 20.0. The first-order chi connectivity index (χ1) is 14.0. The van der Waals surface area contributed by atoms with Crippen LogP contribution in [0.15, 0.2) is 28.9 Å². The summed E-state index contributed by atoms with van der Waals surface area (Å²) in [7, 11) is 0. The minimum absolute atomic E-state index is 0.0130. The fraction of sp³-hybridized carbons (Fsp3) is 0.565. The summed E-state index contributed by atoms with van der Waals surface area (Å²) in [5.74, 6) is -0.771. The molecule has 1 heterocycles. The molecule has 0 saturated heterocycles. The lowest BCUT2D eigenvalue weighted by molar-refractivity contribution is -0.120. The zero-order valence-electron chi connectivity index (χ0n) is 17.1. The largest absolute Gasteiger partial charge is 0.376 e. The predicted molar refractivity (Wildman–Crippen MR) is 127 cm³/mol. The summed E-state index contributed by atoms with van der Waals surface area (Å²) in [4.78, 5) is 27.1. The predicted octanol–water partition coefficient (Wildman–Crippen LogP) is 6.19. The Hall–Kier alpha value is -1.08. The second-order valence-corrected chi connectivity index (χ2v) is 9.79. The van der Waals surface area contributed by atoms with Crippen molar-refractivity contribution in [3.05, 3.63) is 38.1 Å². The van der Waals surface area contributed by atoms with Crippen molar-refractivity contribution < 1.29 is 9.59 Å². The van der Waals surface area contributed by atoms with Gasteiger partial charge in [0.15, 0.2) is 0 Å². The van der Waals surface area contributed by atoms with Crippen molar-refractivity contribution >= 4 is 51.7 Å². The van der Waals surface area contributed by atoms with Crippen LogP contribution in [0.5, 0.6) is 0 Å². The molecule has 158 valence electrons. The first-order valence-corrected chi connectivity index (χ1v) is 12.3. The number of anilines is 1. The molecule has 1 fully saturated rings. The Morgan fingerprint density at radius 1 is 0.931 bits per heavy atom. The van der Waals surface area contributed by atoms with Crippen LogP contribution >= 0.6 is 34.2 Å². The van der Waals surface area contributed by atoms with Crippen LogP contribution in [0.3, 0.4) is 0 Å². The summed E-state index contributed by atoms with van der Waals surface area (Å²) in [6.07, 6.45) is 13.3. The highest BCUT2D eigenvalue weighted by molar-refractivity contribution is 14.1. The van der Waals surface area contributed by atoms with Gasteiger partial charge in [-0.25, -0.2) is 4.90 Å². The van der Waals surface area contributed by atoms with Gasteiger partial charge in [-0.1, -0.05) is 69.4 Å². The molecule has 1 aliphatic carbocycles. The van der Waals surface area contributed by atoms with Crippen molar-refractivity contribution in [2.75, 3.05) is 4.90 Å². The van der Waals surface area contributed by atoms with Gasteiger partial charge in [-0.15, -0.1) is 0 Å². The Morgan fingerprint density at radius 3 is 2.03 bits per heavy atom. The van der Waals surface area contributed by atoms with Gasteiger partial charge >= 0.3 is 0 Å². The molecule has 4 nitrogen and oxygen atoms in total. The molecule has 3 rings (SSSR count). The third kappa shape index (κ3) is 5.75. The van der Waals surface area contributed by atoms with Crippen LogP contribution in [0.4, 0.5) is 5.69 Å². The Bertz CT molecular complexity index is 781. The number of imide groups is 1. The van der Waals surface area contributed by atoms with E-state index in [1.807, 2.05) is 25.1 Å². The van der Waals surface area contributed by atoms with Crippen LogP contribution in [0, 0.1) is 10.5 Å². The molecule has 6 heteroatoms. The maximum Gasteiger partial charge on any atom is 0.283 e. The van der Waals surface area contributed by atoms with Crippen molar-refractivity contribution in [3.63, 3.8) is 0 Å². The number of carbonyl (C=O) groups excluding carboxylic acids is 2. The van der Waals surface area contributed by atoms with Crippen LogP contribution in [-0.4, -0.2) is 17.9 Å². The van der Waals surface area contributed by atoms with Gasteiger partial charge in [0, 0.05) is 9.61 Å². The number of amides is 2. The summed E-state index contributed by atoms with van der Waals surface area (Å²) in [5.41, 5.74) is 1.76. The quantitative estimate of drug-likeness (QED) is 0.376. The fourth-order valence-corrected chi connectivity index (χ4v) is 5.10. The van der Waals surface area contributed by atoms with Gasteiger partial charge in [0.1, 0.15) is 10.7 Å². The average molecular weight is 529 g/mol. The summed E-state index contributed by atoms with van der Waals surface area (Å²) in [6, 6.07) is 5.86. The van der Waals surface area contributed by atoms with E-state index in [-0.39, 0.29) is 22.7 Å². The van der Waals surface area contributed by atoms with Crippen molar-refractivity contribution in [1.29, 1.82) is 0 Å². The monoisotopic (exact) mass is 528 g/mol. The number of halogens is 2. The van der Waals surface area contributed by atoms with Gasteiger partial charge in [-0.05, 0) is 66.1 Å². The molecule has 1 aromatic rings. The fourth-order valence-electron chi connectivity index (χ4n) is 4.23. The second kappa shape index (κ2) is 10.8. The van der Waals surface area contributed by atoms with Gasteiger partial charge in [0.05, 0.1) is 5.69 Å².